The molecule has 1 aliphatic heterocycles. The Kier molecular flexibility index (Phi) is 2.32. The predicted octanol–water partition coefficient (Wildman–Crippen LogP) is 0.487. The van der Waals surface area contributed by atoms with Crippen LogP contribution in [0, 0.1) is 10.8 Å². The molecule has 0 bridgehead atoms. The number of hydrogen-bond acceptors (Lipinski definition) is 4. The topological polar surface area (TPSA) is 76.1 Å². The lowest BCUT2D eigenvalue weighted by Crippen LogP contribution is -2.50. The van der Waals surface area contributed by atoms with E-state index in [9.17, 15) is 0 Å². The highest BCUT2D eigenvalue weighted by atomic mass is 16.3. The second-order valence-corrected chi connectivity index (χ2v) is 3.14. The van der Waals surface area contributed by atoms with E-state index in [0.29, 0.717) is 24.8 Å². The van der Waals surface area contributed by atoms with E-state index >= 15 is 0 Å². The molecule has 0 atom stereocenters. The van der Waals surface area contributed by atoms with Crippen LogP contribution in [0.5, 0.6) is 0 Å². The summed E-state index contributed by atoms with van der Waals surface area (Å²) in [5.74, 6) is 0.771. The van der Waals surface area contributed by atoms with Crippen molar-refractivity contribution in [2.45, 2.75) is 0 Å². The SMILES string of the molecule is N=C1CNCCN1C(=N)c1ccoc1. The van der Waals surface area contributed by atoms with Crippen LogP contribution in [0.15, 0.2) is 23.0 Å². The van der Waals surface area contributed by atoms with Crippen LogP contribution in [0.25, 0.3) is 0 Å². The van der Waals surface area contributed by atoms with Crippen molar-refractivity contribution in [3.8, 4) is 0 Å². The minimum atomic E-state index is 0.338. The molecule has 2 heterocycles. The maximum absolute atomic E-state index is 7.87. The summed E-state index contributed by atoms with van der Waals surface area (Å²) in [6, 6.07) is 1.73. The van der Waals surface area contributed by atoms with Gasteiger partial charge in [-0.1, -0.05) is 0 Å². The third-order valence-electron chi connectivity index (χ3n) is 2.19. The molecule has 3 N–H and O–H groups in total. The van der Waals surface area contributed by atoms with E-state index in [4.69, 9.17) is 15.2 Å². The first-order valence-electron chi connectivity index (χ1n) is 4.46. The zero-order valence-corrected chi connectivity index (χ0v) is 7.71. The highest BCUT2D eigenvalue weighted by Gasteiger charge is 2.19. The summed E-state index contributed by atoms with van der Waals surface area (Å²) in [4.78, 5) is 1.68. The molecule has 5 nitrogen and oxygen atoms in total. The van der Waals surface area contributed by atoms with Gasteiger partial charge in [-0.2, -0.15) is 0 Å². The number of piperazine rings is 1. The van der Waals surface area contributed by atoms with Crippen LogP contribution in [-0.2, 0) is 0 Å². The Balaban J connectivity index is 2.14. The Morgan fingerprint density at radius 3 is 3.07 bits per heavy atom. The van der Waals surface area contributed by atoms with Crippen LogP contribution in [0.2, 0.25) is 0 Å². The smallest absolute Gasteiger partial charge is 0.136 e. The highest BCUT2D eigenvalue weighted by Crippen LogP contribution is 2.07. The fourth-order valence-electron chi connectivity index (χ4n) is 1.43. The van der Waals surface area contributed by atoms with E-state index in [2.05, 4.69) is 5.32 Å². The Morgan fingerprint density at radius 1 is 1.57 bits per heavy atom. The quantitative estimate of drug-likeness (QED) is 0.447. The molecule has 1 aromatic heterocycles. The molecule has 1 fully saturated rings. The van der Waals surface area contributed by atoms with Crippen molar-refractivity contribution in [2.24, 2.45) is 0 Å². The molecule has 0 aromatic carbocycles. The van der Waals surface area contributed by atoms with Crippen molar-refractivity contribution >= 4 is 11.7 Å². The number of rotatable bonds is 1. The normalized spacial score (nSPS) is 17.1. The van der Waals surface area contributed by atoms with Gasteiger partial charge in [-0.15, -0.1) is 0 Å². The van der Waals surface area contributed by atoms with Crippen LogP contribution >= 0.6 is 0 Å². The van der Waals surface area contributed by atoms with Crippen molar-refractivity contribution < 1.29 is 4.42 Å². The zero-order chi connectivity index (χ0) is 9.97. The summed E-state index contributed by atoms with van der Waals surface area (Å²) in [6.45, 7) is 2.01. The van der Waals surface area contributed by atoms with E-state index in [1.807, 2.05) is 0 Å². The molecule has 0 radical (unpaired) electrons. The van der Waals surface area contributed by atoms with Crippen molar-refractivity contribution in [3.63, 3.8) is 0 Å². The molecule has 2 rings (SSSR count). The van der Waals surface area contributed by atoms with Gasteiger partial charge in [0, 0.05) is 13.1 Å². The van der Waals surface area contributed by atoms with E-state index in [-0.39, 0.29) is 0 Å². The molecule has 0 spiro atoms. The van der Waals surface area contributed by atoms with Gasteiger partial charge >= 0.3 is 0 Å². The van der Waals surface area contributed by atoms with Crippen LogP contribution in [0.3, 0.4) is 0 Å². The van der Waals surface area contributed by atoms with Gasteiger partial charge in [0.1, 0.15) is 17.9 Å². The molecule has 1 aromatic rings. The summed E-state index contributed by atoms with van der Waals surface area (Å²) in [7, 11) is 0. The van der Waals surface area contributed by atoms with E-state index in [1.165, 1.54) is 12.5 Å². The van der Waals surface area contributed by atoms with Gasteiger partial charge in [-0.3, -0.25) is 10.8 Å². The maximum atomic E-state index is 7.87. The standard InChI is InChI=1S/C9H12N4O/c10-8-5-12-2-3-13(8)9(11)7-1-4-14-6-7/h1,4,6,10-12H,2-3,5H2. The molecule has 74 valence electrons. The van der Waals surface area contributed by atoms with Crippen LogP contribution in [0.4, 0.5) is 0 Å². The van der Waals surface area contributed by atoms with E-state index < -0.39 is 0 Å². The molecule has 5 heteroatoms. The fourth-order valence-corrected chi connectivity index (χ4v) is 1.43. The second kappa shape index (κ2) is 3.63. The average Bonchev–Trinajstić information content (AvgIpc) is 2.70. The molecule has 0 amide bonds. The summed E-state index contributed by atoms with van der Waals surface area (Å²) >= 11 is 0. The molecular formula is C9H12N4O. The van der Waals surface area contributed by atoms with Crippen molar-refractivity contribution in [2.75, 3.05) is 19.6 Å². The summed E-state index contributed by atoms with van der Waals surface area (Å²) in [6.07, 6.45) is 3.06. The van der Waals surface area contributed by atoms with Gasteiger partial charge in [-0.05, 0) is 6.07 Å². The van der Waals surface area contributed by atoms with Gasteiger partial charge in [-0.25, -0.2) is 0 Å². The van der Waals surface area contributed by atoms with Gasteiger partial charge < -0.3 is 14.6 Å². The number of amidine groups is 2. The minimum absolute atomic E-state index is 0.338. The van der Waals surface area contributed by atoms with Gasteiger partial charge in [0.2, 0.25) is 0 Å². The van der Waals surface area contributed by atoms with Crippen molar-refractivity contribution in [1.29, 1.82) is 10.8 Å². The lowest BCUT2D eigenvalue weighted by molar-refractivity contribution is 0.510. The van der Waals surface area contributed by atoms with E-state index in [0.717, 1.165) is 12.1 Å². The van der Waals surface area contributed by atoms with Crippen molar-refractivity contribution in [3.05, 3.63) is 24.2 Å². The van der Waals surface area contributed by atoms with Gasteiger partial charge in [0.15, 0.2) is 0 Å². The third-order valence-corrected chi connectivity index (χ3v) is 2.19. The fraction of sp³-hybridized carbons (Fsp3) is 0.333. The first-order chi connectivity index (χ1) is 6.79. The molecule has 0 aliphatic carbocycles. The first-order valence-corrected chi connectivity index (χ1v) is 4.46. The number of hydrogen-bond donors (Lipinski definition) is 3. The van der Waals surface area contributed by atoms with Crippen LogP contribution in [-0.4, -0.2) is 36.2 Å². The largest absolute Gasteiger partial charge is 0.472 e. The van der Waals surface area contributed by atoms with Gasteiger partial charge in [0.25, 0.3) is 0 Å². The second-order valence-electron chi connectivity index (χ2n) is 3.14. The van der Waals surface area contributed by atoms with Crippen molar-refractivity contribution in [1.82, 2.24) is 10.2 Å². The highest BCUT2D eigenvalue weighted by molar-refractivity contribution is 6.07. The Hall–Kier alpha value is -1.62. The average molecular weight is 192 g/mol. The lowest BCUT2D eigenvalue weighted by Gasteiger charge is -2.29. The molecule has 0 saturated carbocycles. The Labute approximate surface area is 81.7 Å². The summed E-state index contributed by atoms with van der Waals surface area (Å²) < 4.78 is 4.91. The van der Waals surface area contributed by atoms with E-state index in [1.54, 1.807) is 11.0 Å². The molecule has 14 heavy (non-hydrogen) atoms. The number of nitrogens with zero attached hydrogens (tertiary/aromatic N) is 1. The monoisotopic (exact) mass is 192 g/mol. The summed E-state index contributed by atoms with van der Waals surface area (Å²) in [5.41, 5.74) is 0.719. The maximum Gasteiger partial charge on any atom is 0.136 e. The Bertz CT molecular complexity index is 344. The predicted molar refractivity (Wildman–Crippen MR) is 52.8 cm³/mol. The lowest BCUT2D eigenvalue weighted by atomic mass is 10.2. The van der Waals surface area contributed by atoms with Crippen LogP contribution < -0.4 is 5.32 Å². The van der Waals surface area contributed by atoms with Crippen LogP contribution in [0.1, 0.15) is 5.56 Å². The molecular weight excluding hydrogens is 180 g/mol. The zero-order valence-electron chi connectivity index (χ0n) is 7.71. The number of furan rings is 1. The Morgan fingerprint density at radius 2 is 2.43 bits per heavy atom. The summed E-state index contributed by atoms with van der Waals surface area (Å²) in [5, 5.41) is 18.6. The third kappa shape index (κ3) is 1.54. The first kappa shape index (κ1) is 8.96. The molecule has 0 unspecified atom stereocenters. The van der Waals surface area contributed by atoms with Gasteiger partial charge in [0.05, 0.1) is 18.4 Å². The molecule has 1 aliphatic rings. The minimum Gasteiger partial charge on any atom is -0.472 e. The number of nitrogens with one attached hydrogen (secondary N) is 3. The molecule has 1 saturated heterocycles.